The van der Waals surface area contributed by atoms with Crippen molar-refractivity contribution < 1.29 is 4.79 Å². The molecule has 0 N–H and O–H groups in total. The van der Waals surface area contributed by atoms with E-state index in [1.165, 1.54) is 0 Å². The van der Waals surface area contributed by atoms with Crippen LogP contribution in [0.3, 0.4) is 0 Å². The van der Waals surface area contributed by atoms with Gasteiger partial charge in [0.2, 0.25) is 5.91 Å². The first-order valence-electron chi connectivity index (χ1n) is 5.76. The summed E-state index contributed by atoms with van der Waals surface area (Å²) in [5.74, 6) is 0.218. The van der Waals surface area contributed by atoms with Gasteiger partial charge in [0.15, 0.2) is 0 Å². The van der Waals surface area contributed by atoms with Gasteiger partial charge >= 0.3 is 0 Å². The number of aromatic nitrogens is 2. The van der Waals surface area contributed by atoms with Crippen LogP contribution in [0.5, 0.6) is 0 Å². The van der Waals surface area contributed by atoms with E-state index in [1.54, 1.807) is 4.90 Å². The normalized spacial score (nSPS) is 24.1. The van der Waals surface area contributed by atoms with E-state index >= 15 is 0 Å². The molecule has 3 rings (SSSR count). The summed E-state index contributed by atoms with van der Waals surface area (Å²) in [4.78, 5) is 17.9. The van der Waals surface area contributed by atoms with Crippen LogP contribution in [0.1, 0.15) is 6.92 Å². The lowest BCUT2D eigenvalue weighted by atomic mass is 9.81. The maximum absolute atomic E-state index is 11.8. The molecule has 0 radical (unpaired) electrons. The number of para-hydroxylation sites is 2. The van der Waals surface area contributed by atoms with Crippen molar-refractivity contribution in [2.75, 3.05) is 13.6 Å². The van der Waals surface area contributed by atoms with Gasteiger partial charge in [0, 0.05) is 20.1 Å². The van der Waals surface area contributed by atoms with Crippen molar-refractivity contribution in [3.8, 4) is 0 Å². The third-order valence-corrected chi connectivity index (χ3v) is 3.50. The first-order chi connectivity index (χ1) is 8.10. The molecule has 0 spiro atoms. The molecular weight excluding hydrogens is 214 g/mol. The monoisotopic (exact) mass is 229 g/mol. The molecule has 1 aromatic carbocycles. The number of hydrogen-bond donors (Lipinski definition) is 0. The maximum Gasteiger partial charge on any atom is 0.231 e. The Labute approximate surface area is 99.9 Å². The van der Waals surface area contributed by atoms with Gasteiger partial charge < -0.3 is 9.47 Å². The quantitative estimate of drug-likeness (QED) is 0.732. The third-order valence-electron chi connectivity index (χ3n) is 3.50. The molecule has 1 atom stereocenters. The predicted octanol–water partition coefficient (Wildman–Crippen LogP) is 1.51. The van der Waals surface area contributed by atoms with Crippen LogP contribution in [0.2, 0.25) is 0 Å². The number of amides is 1. The summed E-state index contributed by atoms with van der Waals surface area (Å²) < 4.78 is 2.07. The van der Waals surface area contributed by atoms with Crippen molar-refractivity contribution in [1.29, 1.82) is 0 Å². The summed E-state index contributed by atoms with van der Waals surface area (Å²) in [6.07, 6.45) is 1.82. The molecule has 4 heteroatoms. The zero-order valence-corrected chi connectivity index (χ0v) is 10.1. The second kappa shape index (κ2) is 3.32. The molecule has 1 aliphatic rings. The van der Waals surface area contributed by atoms with Gasteiger partial charge in [0.05, 0.1) is 22.8 Å². The van der Waals surface area contributed by atoms with Crippen molar-refractivity contribution >= 4 is 16.9 Å². The van der Waals surface area contributed by atoms with E-state index in [2.05, 4.69) is 9.55 Å². The lowest BCUT2D eigenvalue weighted by molar-refractivity contribution is -0.157. The first-order valence-corrected chi connectivity index (χ1v) is 5.76. The Morgan fingerprint density at radius 3 is 2.88 bits per heavy atom. The van der Waals surface area contributed by atoms with E-state index < -0.39 is 0 Å². The largest absolute Gasteiger partial charge is 0.344 e. The molecule has 4 nitrogen and oxygen atoms in total. The number of carbonyl (C=O) groups is 1. The molecule has 0 saturated carbocycles. The van der Waals surface area contributed by atoms with E-state index in [9.17, 15) is 4.79 Å². The van der Waals surface area contributed by atoms with Gasteiger partial charge in [-0.15, -0.1) is 0 Å². The Bertz CT molecular complexity index is 589. The van der Waals surface area contributed by atoms with Gasteiger partial charge in [0.25, 0.3) is 0 Å². The van der Waals surface area contributed by atoms with E-state index in [1.807, 2.05) is 44.6 Å². The van der Waals surface area contributed by atoms with Crippen molar-refractivity contribution in [3.63, 3.8) is 0 Å². The van der Waals surface area contributed by atoms with E-state index in [4.69, 9.17) is 0 Å². The van der Waals surface area contributed by atoms with Gasteiger partial charge in [-0.25, -0.2) is 4.98 Å². The average Bonchev–Trinajstić information content (AvgIpc) is 2.72. The second-order valence-corrected chi connectivity index (χ2v) is 5.08. The number of nitrogens with zero attached hydrogens (tertiary/aromatic N) is 3. The standard InChI is InChI=1S/C13H15N3O/c1-13(7-15(2)12(13)17)8-16-9-14-10-5-3-4-6-11(10)16/h3-6,9H,7-8H2,1-2H3. The van der Waals surface area contributed by atoms with Crippen molar-refractivity contribution in [1.82, 2.24) is 14.5 Å². The zero-order chi connectivity index (χ0) is 12.0. The van der Waals surface area contributed by atoms with Crippen molar-refractivity contribution in [3.05, 3.63) is 30.6 Å². The van der Waals surface area contributed by atoms with Crippen LogP contribution in [0.15, 0.2) is 30.6 Å². The fourth-order valence-electron chi connectivity index (χ4n) is 2.66. The number of imidazole rings is 1. The van der Waals surface area contributed by atoms with E-state index in [0.717, 1.165) is 17.6 Å². The molecule has 0 bridgehead atoms. The van der Waals surface area contributed by atoms with Crippen LogP contribution in [-0.4, -0.2) is 34.0 Å². The summed E-state index contributed by atoms with van der Waals surface area (Å²) in [5, 5.41) is 0. The van der Waals surface area contributed by atoms with E-state index in [-0.39, 0.29) is 11.3 Å². The van der Waals surface area contributed by atoms with Crippen molar-refractivity contribution in [2.24, 2.45) is 5.41 Å². The number of likely N-dealkylation sites (tertiary alicyclic amines) is 1. The molecule has 2 aromatic rings. The third kappa shape index (κ3) is 1.44. The Morgan fingerprint density at radius 1 is 1.41 bits per heavy atom. The first kappa shape index (κ1) is 10.3. The van der Waals surface area contributed by atoms with Gasteiger partial charge in [-0.1, -0.05) is 12.1 Å². The highest BCUT2D eigenvalue weighted by Crippen LogP contribution is 2.32. The van der Waals surface area contributed by atoms with Crippen LogP contribution in [0.4, 0.5) is 0 Å². The molecule has 17 heavy (non-hydrogen) atoms. The van der Waals surface area contributed by atoms with Crippen LogP contribution in [0.25, 0.3) is 11.0 Å². The van der Waals surface area contributed by atoms with Crippen LogP contribution in [0, 0.1) is 5.41 Å². The summed E-state index contributed by atoms with van der Waals surface area (Å²) in [7, 11) is 1.84. The zero-order valence-electron chi connectivity index (χ0n) is 10.1. The van der Waals surface area contributed by atoms with E-state index in [0.29, 0.717) is 6.54 Å². The lowest BCUT2D eigenvalue weighted by Gasteiger charge is -2.44. The minimum atomic E-state index is -0.266. The smallest absolute Gasteiger partial charge is 0.231 e. The molecule has 0 aliphatic carbocycles. The Hall–Kier alpha value is -1.84. The minimum absolute atomic E-state index is 0.218. The average molecular weight is 229 g/mol. The Balaban J connectivity index is 1.94. The van der Waals surface area contributed by atoms with Crippen molar-refractivity contribution in [2.45, 2.75) is 13.5 Å². The maximum atomic E-state index is 11.8. The van der Waals surface area contributed by atoms with Gasteiger partial charge in [0.1, 0.15) is 0 Å². The molecule has 2 heterocycles. The number of fused-ring (bicyclic) bond motifs is 1. The fraction of sp³-hybridized carbons (Fsp3) is 0.385. The number of benzene rings is 1. The number of carbonyl (C=O) groups excluding carboxylic acids is 1. The van der Waals surface area contributed by atoms with Gasteiger partial charge in [-0.05, 0) is 19.1 Å². The predicted molar refractivity (Wildman–Crippen MR) is 65.5 cm³/mol. The fourth-order valence-corrected chi connectivity index (χ4v) is 2.66. The molecule has 1 aromatic heterocycles. The summed E-state index contributed by atoms with van der Waals surface area (Å²) in [6, 6.07) is 8.00. The number of rotatable bonds is 2. The number of hydrogen-bond acceptors (Lipinski definition) is 2. The van der Waals surface area contributed by atoms with Gasteiger partial charge in [-0.3, -0.25) is 4.79 Å². The highest BCUT2D eigenvalue weighted by molar-refractivity contribution is 5.88. The minimum Gasteiger partial charge on any atom is -0.344 e. The topological polar surface area (TPSA) is 38.1 Å². The van der Waals surface area contributed by atoms with Crippen LogP contribution in [-0.2, 0) is 11.3 Å². The lowest BCUT2D eigenvalue weighted by Crippen LogP contribution is -2.59. The van der Waals surface area contributed by atoms with Crippen LogP contribution < -0.4 is 0 Å². The molecule has 1 aliphatic heterocycles. The SMILES string of the molecule is CN1CC(C)(Cn2cnc3ccccc32)C1=O. The summed E-state index contributed by atoms with van der Waals surface area (Å²) in [5.41, 5.74) is 1.81. The molecule has 1 amide bonds. The highest BCUT2D eigenvalue weighted by Gasteiger charge is 2.46. The molecule has 1 fully saturated rings. The Kier molecular flexibility index (Phi) is 2.02. The Morgan fingerprint density at radius 2 is 2.18 bits per heavy atom. The molecule has 1 unspecified atom stereocenters. The molecular formula is C13H15N3O. The second-order valence-electron chi connectivity index (χ2n) is 5.08. The van der Waals surface area contributed by atoms with Gasteiger partial charge in [-0.2, -0.15) is 0 Å². The number of β-lactam (4-membered cyclic amide) rings is 1. The van der Waals surface area contributed by atoms with Crippen LogP contribution >= 0.6 is 0 Å². The highest BCUT2D eigenvalue weighted by atomic mass is 16.2. The summed E-state index contributed by atoms with van der Waals surface area (Å²) >= 11 is 0. The molecule has 88 valence electrons. The molecule has 1 saturated heterocycles. The summed E-state index contributed by atoms with van der Waals surface area (Å²) in [6.45, 7) is 3.54.